The maximum absolute atomic E-state index is 5.73. The molecule has 1 aromatic carbocycles. The lowest BCUT2D eigenvalue weighted by Crippen LogP contribution is -2.34. The fourth-order valence-corrected chi connectivity index (χ4v) is 3.09. The molecule has 104 valence electrons. The Labute approximate surface area is 116 Å². The van der Waals surface area contributed by atoms with Crippen LogP contribution in [0.5, 0.6) is 0 Å². The van der Waals surface area contributed by atoms with Crippen LogP contribution in [0.2, 0.25) is 0 Å². The highest BCUT2D eigenvalue weighted by molar-refractivity contribution is 5.40. The largest absolute Gasteiger partial charge is 0.399 e. The molecule has 2 aliphatic rings. The van der Waals surface area contributed by atoms with Crippen molar-refractivity contribution >= 4 is 5.69 Å². The first-order valence-electron chi connectivity index (χ1n) is 7.83. The van der Waals surface area contributed by atoms with E-state index in [1.165, 1.54) is 37.7 Å². The lowest BCUT2D eigenvalue weighted by Gasteiger charge is -2.19. The standard InChI is InChI=1S/C17H26N2/c1-12(13-6-8-16(18)9-7-13)10-11-19-17(14-2-3-14)15-4-5-15/h6-9,12,14-15,17,19H,2-5,10-11,18H2,1H3. The molecule has 3 rings (SSSR count). The van der Waals surface area contributed by atoms with E-state index >= 15 is 0 Å². The summed E-state index contributed by atoms with van der Waals surface area (Å²) < 4.78 is 0. The van der Waals surface area contributed by atoms with E-state index in [2.05, 4.69) is 24.4 Å². The maximum atomic E-state index is 5.73. The second-order valence-electron chi connectivity index (χ2n) is 6.51. The molecule has 0 bridgehead atoms. The van der Waals surface area contributed by atoms with E-state index < -0.39 is 0 Å². The minimum atomic E-state index is 0.618. The van der Waals surface area contributed by atoms with Gasteiger partial charge < -0.3 is 11.1 Å². The van der Waals surface area contributed by atoms with Crippen LogP contribution in [0.1, 0.15) is 50.5 Å². The van der Waals surface area contributed by atoms with Gasteiger partial charge in [-0.05, 0) is 74.1 Å². The number of nitrogens with one attached hydrogen (secondary N) is 1. The quantitative estimate of drug-likeness (QED) is 0.734. The van der Waals surface area contributed by atoms with Gasteiger partial charge in [-0.2, -0.15) is 0 Å². The van der Waals surface area contributed by atoms with Crippen molar-refractivity contribution in [1.29, 1.82) is 0 Å². The van der Waals surface area contributed by atoms with E-state index in [1.54, 1.807) is 0 Å². The summed E-state index contributed by atoms with van der Waals surface area (Å²) >= 11 is 0. The van der Waals surface area contributed by atoms with Crippen molar-refractivity contribution in [3.63, 3.8) is 0 Å². The van der Waals surface area contributed by atoms with Crippen molar-refractivity contribution in [2.24, 2.45) is 11.8 Å². The van der Waals surface area contributed by atoms with E-state index in [-0.39, 0.29) is 0 Å². The van der Waals surface area contributed by atoms with Crippen molar-refractivity contribution in [3.05, 3.63) is 29.8 Å². The van der Waals surface area contributed by atoms with Crippen LogP contribution in [0.25, 0.3) is 0 Å². The molecule has 2 heteroatoms. The number of nitrogen functional groups attached to an aromatic ring is 1. The maximum Gasteiger partial charge on any atom is 0.0314 e. The molecule has 2 saturated carbocycles. The molecule has 1 aromatic rings. The lowest BCUT2D eigenvalue weighted by atomic mass is 9.97. The van der Waals surface area contributed by atoms with E-state index in [1.807, 2.05) is 12.1 Å². The monoisotopic (exact) mass is 258 g/mol. The molecule has 0 amide bonds. The van der Waals surface area contributed by atoms with Crippen molar-refractivity contribution in [2.75, 3.05) is 12.3 Å². The van der Waals surface area contributed by atoms with Gasteiger partial charge in [-0.1, -0.05) is 19.1 Å². The van der Waals surface area contributed by atoms with Crippen molar-refractivity contribution in [1.82, 2.24) is 5.32 Å². The van der Waals surface area contributed by atoms with Crippen LogP contribution >= 0.6 is 0 Å². The highest BCUT2D eigenvalue weighted by Gasteiger charge is 2.40. The SMILES string of the molecule is CC(CCNC(C1CC1)C1CC1)c1ccc(N)cc1. The smallest absolute Gasteiger partial charge is 0.0314 e. The Balaban J connectivity index is 1.44. The third-order valence-electron chi connectivity index (χ3n) is 4.72. The Morgan fingerprint density at radius 2 is 1.68 bits per heavy atom. The molecule has 2 nitrogen and oxygen atoms in total. The topological polar surface area (TPSA) is 38.0 Å². The van der Waals surface area contributed by atoms with E-state index in [0.717, 1.165) is 30.1 Å². The van der Waals surface area contributed by atoms with Crippen molar-refractivity contribution < 1.29 is 0 Å². The number of hydrogen-bond acceptors (Lipinski definition) is 2. The molecule has 2 aliphatic carbocycles. The second-order valence-corrected chi connectivity index (χ2v) is 6.51. The number of anilines is 1. The summed E-state index contributed by atoms with van der Waals surface area (Å²) in [7, 11) is 0. The lowest BCUT2D eigenvalue weighted by molar-refractivity contribution is 0.407. The van der Waals surface area contributed by atoms with Crippen LogP contribution in [-0.4, -0.2) is 12.6 Å². The fraction of sp³-hybridized carbons (Fsp3) is 0.647. The Hall–Kier alpha value is -1.02. The van der Waals surface area contributed by atoms with Crippen LogP contribution in [-0.2, 0) is 0 Å². The minimum absolute atomic E-state index is 0.618. The highest BCUT2D eigenvalue weighted by atomic mass is 14.9. The predicted octanol–water partition coefficient (Wildman–Crippen LogP) is 3.54. The van der Waals surface area contributed by atoms with Crippen LogP contribution in [0.3, 0.4) is 0 Å². The molecule has 0 radical (unpaired) electrons. The minimum Gasteiger partial charge on any atom is -0.399 e. The second kappa shape index (κ2) is 5.54. The average molecular weight is 258 g/mol. The highest BCUT2D eigenvalue weighted by Crippen LogP contribution is 2.44. The molecular weight excluding hydrogens is 232 g/mol. The molecule has 1 atom stereocenters. The first-order valence-corrected chi connectivity index (χ1v) is 7.83. The van der Waals surface area contributed by atoms with Gasteiger partial charge in [-0.25, -0.2) is 0 Å². The zero-order chi connectivity index (χ0) is 13.2. The van der Waals surface area contributed by atoms with Crippen LogP contribution in [0.15, 0.2) is 24.3 Å². The molecule has 0 aromatic heterocycles. The Morgan fingerprint density at radius 1 is 1.11 bits per heavy atom. The molecule has 3 N–H and O–H groups in total. The van der Waals surface area contributed by atoms with Gasteiger partial charge in [0, 0.05) is 11.7 Å². The van der Waals surface area contributed by atoms with Gasteiger partial charge >= 0.3 is 0 Å². The summed E-state index contributed by atoms with van der Waals surface area (Å²) in [5.74, 6) is 2.62. The van der Waals surface area contributed by atoms with Gasteiger partial charge in [0.1, 0.15) is 0 Å². The normalized spacial score (nSPS) is 20.7. The Kier molecular flexibility index (Phi) is 3.79. The van der Waals surface area contributed by atoms with E-state index in [9.17, 15) is 0 Å². The summed E-state index contributed by atoms with van der Waals surface area (Å²) in [4.78, 5) is 0. The summed E-state index contributed by atoms with van der Waals surface area (Å²) in [6.45, 7) is 3.47. The molecule has 2 fully saturated rings. The first-order chi connectivity index (χ1) is 9.24. The molecule has 0 spiro atoms. The molecule has 0 aliphatic heterocycles. The number of benzene rings is 1. The summed E-state index contributed by atoms with van der Waals surface area (Å²) in [5.41, 5.74) is 8.00. The number of nitrogens with two attached hydrogens (primary N) is 1. The van der Waals surface area contributed by atoms with Gasteiger partial charge in [0.15, 0.2) is 0 Å². The molecule has 0 saturated heterocycles. The van der Waals surface area contributed by atoms with E-state index in [0.29, 0.717) is 5.92 Å². The zero-order valence-electron chi connectivity index (χ0n) is 11.9. The summed E-state index contributed by atoms with van der Waals surface area (Å²) in [5, 5.41) is 3.83. The van der Waals surface area contributed by atoms with Gasteiger partial charge in [-0.3, -0.25) is 0 Å². The van der Waals surface area contributed by atoms with E-state index in [4.69, 9.17) is 5.73 Å². The zero-order valence-corrected chi connectivity index (χ0v) is 11.9. The molecule has 1 unspecified atom stereocenters. The molecular formula is C17H26N2. The van der Waals surface area contributed by atoms with Crippen LogP contribution in [0.4, 0.5) is 5.69 Å². The molecule has 0 heterocycles. The van der Waals surface area contributed by atoms with Crippen molar-refractivity contribution in [2.45, 2.75) is 51.0 Å². The Bertz CT molecular complexity index is 392. The fourth-order valence-electron chi connectivity index (χ4n) is 3.09. The number of rotatable bonds is 7. The van der Waals surface area contributed by atoms with Crippen molar-refractivity contribution in [3.8, 4) is 0 Å². The van der Waals surface area contributed by atoms with Gasteiger partial charge in [-0.15, -0.1) is 0 Å². The average Bonchev–Trinajstić information content (AvgIpc) is 3.28. The van der Waals surface area contributed by atoms with Crippen LogP contribution in [0, 0.1) is 11.8 Å². The van der Waals surface area contributed by atoms with Crippen LogP contribution < -0.4 is 11.1 Å². The third-order valence-corrected chi connectivity index (χ3v) is 4.72. The predicted molar refractivity (Wildman–Crippen MR) is 81.1 cm³/mol. The number of hydrogen-bond donors (Lipinski definition) is 2. The first kappa shape index (κ1) is 13.0. The Morgan fingerprint density at radius 3 is 2.21 bits per heavy atom. The van der Waals surface area contributed by atoms with Gasteiger partial charge in [0.25, 0.3) is 0 Å². The third kappa shape index (κ3) is 3.50. The summed E-state index contributed by atoms with van der Waals surface area (Å²) in [6.07, 6.45) is 7.06. The van der Waals surface area contributed by atoms with Gasteiger partial charge in [0.05, 0.1) is 0 Å². The van der Waals surface area contributed by atoms with Gasteiger partial charge in [0.2, 0.25) is 0 Å². The summed E-state index contributed by atoms with van der Waals surface area (Å²) in [6, 6.07) is 9.18. The molecule has 19 heavy (non-hydrogen) atoms.